The lowest BCUT2D eigenvalue weighted by Crippen LogP contribution is -1.74. The third kappa shape index (κ3) is 1.27. The van der Waals surface area contributed by atoms with E-state index in [4.69, 9.17) is 0 Å². The first-order valence-corrected chi connectivity index (χ1v) is 4.70. The minimum atomic E-state index is 0.109. The second kappa shape index (κ2) is 2.94. The molecule has 0 fully saturated rings. The molecule has 0 spiro atoms. The molecule has 1 nitrogen and oxygen atoms in total. The van der Waals surface area contributed by atoms with Crippen LogP contribution in [0.2, 0.25) is 0 Å². The summed E-state index contributed by atoms with van der Waals surface area (Å²) in [6.45, 7) is 0. The number of halogens is 1. The Bertz CT molecular complexity index is 423. The standard InChI is InChI=1S/C10H6IO/c11-8-5-7-3-1-2-4-9(7)10(12)6-8/h1-6H. The molecular formula is C10H6IO. The molecule has 0 aliphatic carbocycles. The number of benzene rings is 2. The van der Waals surface area contributed by atoms with E-state index in [1.54, 1.807) is 6.07 Å². The Morgan fingerprint density at radius 1 is 1.08 bits per heavy atom. The van der Waals surface area contributed by atoms with Crippen molar-refractivity contribution in [1.29, 1.82) is 0 Å². The van der Waals surface area contributed by atoms with E-state index in [1.807, 2.05) is 30.3 Å². The van der Waals surface area contributed by atoms with E-state index in [-0.39, 0.29) is 5.75 Å². The minimum absolute atomic E-state index is 0.109. The lowest BCUT2D eigenvalue weighted by molar-refractivity contribution is 0.360. The van der Waals surface area contributed by atoms with Gasteiger partial charge < -0.3 is 0 Å². The Hall–Kier alpha value is -0.770. The fraction of sp³-hybridized carbons (Fsp3) is 0. The van der Waals surface area contributed by atoms with Crippen molar-refractivity contribution < 1.29 is 5.11 Å². The molecule has 1 radical (unpaired) electrons. The van der Waals surface area contributed by atoms with Crippen molar-refractivity contribution in [3.8, 4) is 5.75 Å². The van der Waals surface area contributed by atoms with E-state index < -0.39 is 0 Å². The van der Waals surface area contributed by atoms with Gasteiger partial charge in [0.2, 0.25) is 0 Å². The van der Waals surface area contributed by atoms with E-state index in [0.717, 1.165) is 14.3 Å². The van der Waals surface area contributed by atoms with Crippen molar-refractivity contribution in [3.63, 3.8) is 0 Å². The van der Waals surface area contributed by atoms with Crippen LogP contribution in [0.4, 0.5) is 0 Å². The number of fused-ring (bicyclic) bond motifs is 1. The third-order valence-electron chi connectivity index (χ3n) is 1.79. The zero-order valence-electron chi connectivity index (χ0n) is 6.25. The van der Waals surface area contributed by atoms with Crippen molar-refractivity contribution in [1.82, 2.24) is 0 Å². The van der Waals surface area contributed by atoms with Gasteiger partial charge in [0.15, 0.2) is 5.75 Å². The maximum atomic E-state index is 11.4. The number of hydrogen-bond acceptors (Lipinski definition) is 0. The Kier molecular flexibility index (Phi) is 1.92. The molecule has 0 atom stereocenters. The molecule has 2 aromatic rings. The van der Waals surface area contributed by atoms with Crippen molar-refractivity contribution >= 4 is 33.4 Å². The first-order valence-electron chi connectivity index (χ1n) is 3.63. The van der Waals surface area contributed by atoms with Gasteiger partial charge in [0, 0.05) is 8.96 Å². The summed E-state index contributed by atoms with van der Waals surface area (Å²) in [4.78, 5) is 0. The van der Waals surface area contributed by atoms with E-state index in [9.17, 15) is 5.11 Å². The molecule has 0 saturated heterocycles. The average Bonchev–Trinajstić information content (AvgIpc) is 2.04. The Morgan fingerprint density at radius 3 is 2.67 bits per heavy atom. The van der Waals surface area contributed by atoms with Gasteiger partial charge >= 0.3 is 0 Å². The molecule has 0 amide bonds. The molecule has 12 heavy (non-hydrogen) atoms. The van der Waals surface area contributed by atoms with Gasteiger partial charge in [-0.25, -0.2) is 0 Å². The third-order valence-corrected chi connectivity index (χ3v) is 2.41. The molecular weight excluding hydrogens is 263 g/mol. The van der Waals surface area contributed by atoms with Crippen LogP contribution in [-0.2, 0) is 5.11 Å². The zero-order chi connectivity index (χ0) is 8.55. The van der Waals surface area contributed by atoms with Gasteiger partial charge in [0.05, 0.1) is 0 Å². The highest BCUT2D eigenvalue weighted by molar-refractivity contribution is 14.1. The molecule has 0 aromatic heterocycles. The van der Waals surface area contributed by atoms with Gasteiger partial charge in [-0.15, -0.1) is 0 Å². The summed E-state index contributed by atoms with van der Waals surface area (Å²) in [5, 5.41) is 13.2. The topological polar surface area (TPSA) is 19.9 Å². The molecule has 59 valence electrons. The second-order valence-electron chi connectivity index (χ2n) is 2.63. The smallest absolute Gasteiger partial charge is 0.187 e. The lowest BCUT2D eigenvalue weighted by atomic mass is 10.1. The first kappa shape index (κ1) is 7.86. The van der Waals surface area contributed by atoms with Crippen LogP contribution < -0.4 is 0 Å². The van der Waals surface area contributed by atoms with Gasteiger partial charge in [0.1, 0.15) is 0 Å². The second-order valence-corrected chi connectivity index (χ2v) is 3.87. The van der Waals surface area contributed by atoms with Crippen molar-refractivity contribution in [2.24, 2.45) is 0 Å². The monoisotopic (exact) mass is 269 g/mol. The summed E-state index contributed by atoms with van der Waals surface area (Å²) < 4.78 is 0.997. The molecule has 2 heteroatoms. The summed E-state index contributed by atoms with van der Waals surface area (Å²) in [5.74, 6) is 0.109. The van der Waals surface area contributed by atoms with Crippen LogP contribution in [0.5, 0.6) is 5.75 Å². The van der Waals surface area contributed by atoms with E-state index in [2.05, 4.69) is 22.6 Å². The predicted octanol–water partition coefficient (Wildman–Crippen LogP) is 3.59. The molecule has 0 aliphatic heterocycles. The summed E-state index contributed by atoms with van der Waals surface area (Å²) in [6, 6.07) is 11.3. The van der Waals surface area contributed by atoms with Crippen molar-refractivity contribution in [2.45, 2.75) is 0 Å². The average molecular weight is 269 g/mol. The molecule has 0 aliphatic rings. The molecule has 2 aromatic carbocycles. The van der Waals surface area contributed by atoms with Crippen LogP contribution in [-0.4, -0.2) is 0 Å². The van der Waals surface area contributed by atoms with Crippen LogP contribution in [0.25, 0.3) is 10.8 Å². The Labute approximate surface area is 84.2 Å². The van der Waals surface area contributed by atoms with E-state index in [1.165, 1.54) is 0 Å². The maximum Gasteiger partial charge on any atom is 0.187 e. The zero-order valence-corrected chi connectivity index (χ0v) is 8.41. The quantitative estimate of drug-likeness (QED) is 0.651. The molecule has 0 heterocycles. The maximum absolute atomic E-state index is 11.4. The first-order chi connectivity index (χ1) is 5.77. The van der Waals surface area contributed by atoms with Gasteiger partial charge in [-0.2, -0.15) is 0 Å². The van der Waals surface area contributed by atoms with Crippen molar-refractivity contribution in [2.75, 3.05) is 0 Å². The van der Waals surface area contributed by atoms with Crippen LogP contribution in [0.3, 0.4) is 0 Å². The molecule has 0 unspecified atom stereocenters. The molecule has 0 N–H and O–H groups in total. The van der Waals surface area contributed by atoms with Gasteiger partial charge in [0.25, 0.3) is 0 Å². The SMILES string of the molecule is [O]c1cc(I)cc2ccccc12. The largest absolute Gasteiger partial charge is 0.289 e. The minimum Gasteiger partial charge on any atom is -0.289 e. The highest BCUT2D eigenvalue weighted by Gasteiger charge is 2.01. The lowest BCUT2D eigenvalue weighted by Gasteiger charge is -1.98. The van der Waals surface area contributed by atoms with Gasteiger partial charge in [-0.1, -0.05) is 24.3 Å². The van der Waals surface area contributed by atoms with Crippen LogP contribution in [0, 0.1) is 3.57 Å². The van der Waals surface area contributed by atoms with Crippen LogP contribution >= 0.6 is 22.6 Å². The van der Waals surface area contributed by atoms with E-state index in [0.29, 0.717) is 0 Å². The molecule has 0 saturated carbocycles. The summed E-state index contributed by atoms with van der Waals surface area (Å²) in [5.41, 5.74) is 0. The van der Waals surface area contributed by atoms with Gasteiger partial charge in [-0.3, -0.25) is 5.11 Å². The van der Waals surface area contributed by atoms with Gasteiger partial charge in [-0.05, 0) is 40.1 Å². The summed E-state index contributed by atoms with van der Waals surface area (Å²) >= 11 is 2.15. The molecule has 2 rings (SSSR count). The highest BCUT2D eigenvalue weighted by Crippen LogP contribution is 2.27. The predicted molar refractivity (Wildman–Crippen MR) is 56.8 cm³/mol. The van der Waals surface area contributed by atoms with Crippen LogP contribution in [0.15, 0.2) is 36.4 Å². The number of rotatable bonds is 0. The van der Waals surface area contributed by atoms with Crippen molar-refractivity contribution in [3.05, 3.63) is 40.0 Å². The van der Waals surface area contributed by atoms with E-state index >= 15 is 0 Å². The summed E-state index contributed by atoms with van der Waals surface area (Å²) in [7, 11) is 0. The summed E-state index contributed by atoms with van der Waals surface area (Å²) in [6.07, 6.45) is 0. The highest BCUT2D eigenvalue weighted by atomic mass is 127. The fourth-order valence-corrected chi connectivity index (χ4v) is 1.86. The van der Waals surface area contributed by atoms with Crippen LogP contribution in [0.1, 0.15) is 0 Å². The molecule has 0 bridgehead atoms. The Balaban J connectivity index is 2.89. The fourth-order valence-electron chi connectivity index (χ4n) is 1.24. The Morgan fingerprint density at radius 2 is 1.83 bits per heavy atom. The normalized spacial score (nSPS) is 10.4. The number of hydrogen-bond donors (Lipinski definition) is 0.